The molecule has 1 aliphatic rings. The molecule has 0 aliphatic carbocycles. The van der Waals surface area contributed by atoms with Gasteiger partial charge in [0.15, 0.2) is 0 Å². The fraction of sp³-hybridized carbons (Fsp3) is 0.429. The molecule has 2 rings (SSSR count). The smallest absolute Gasteiger partial charge is 0.230 e. The molecular weight excluding hydrogens is 228 g/mol. The van der Waals surface area contributed by atoms with Crippen LogP contribution in [0.3, 0.4) is 0 Å². The summed E-state index contributed by atoms with van der Waals surface area (Å²) in [7, 11) is 1.78. The van der Waals surface area contributed by atoms with E-state index in [9.17, 15) is 4.79 Å². The van der Waals surface area contributed by atoms with Crippen LogP contribution in [0.4, 0.5) is 5.69 Å². The lowest BCUT2D eigenvalue weighted by molar-refractivity contribution is -0.124. The number of hydrogen-bond acceptors (Lipinski definition) is 3. The topological polar surface area (TPSA) is 53.3 Å². The van der Waals surface area contributed by atoms with Crippen molar-refractivity contribution in [2.45, 2.75) is 12.8 Å². The molecule has 1 heterocycles. The second kappa shape index (κ2) is 5.65. The van der Waals surface area contributed by atoms with Crippen molar-refractivity contribution in [3.8, 4) is 6.07 Å². The van der Waals surface area contributed by atoms with E-state index in [1.165, 1.54) is 0 Å². The van der Waals surface area contributed by atoms with E-state index in [2.05, 4.69) is 6.07 Å². The van der Waals surface area contributed by atoms with Crippen molar-refractivity contribution >= 4 is 11.6 Å². The van der Waals surface area contributed by atoms with Gasteiger partial charge in [-0.1, -0.05) is 0 Å². The Balaban J connectivity index is 2.07. The van der Waals surface area contributed by atoms with Crippen LogP contribution in [-0.4, -0.2) is 26.2 Å². The van der Waals surface area contributed by atoms with E-state index in [0.29, 0.717) is 18.8 Å². The van der Waals surface area contributed by atoms with Crippen LogP contribution >= 0.6 is 0 Å². The molecule has 1 aromatic rings. The van der Waals surface area contributed by atoms with Gasteiger partial charge in [0, 0.05) is 31.9 Å². The highest BCUT2D eigenvalue weighted by atomic mass is 16.5. The first-order valence-corrected chi connectivity index (χ1v) is 6.08. The van der Waals surface area contributed by atoms with Gasteiger partial charge < -0.3 is 9.64 Å². The lowest BCUT2D eigenvalue weighted by Crippen LogP contribution is -2.35. The summed E-state index contributed by atoms with van der Waals surface area (Å²) < 4.78 is 5.26. The summed E-state index contributed by atoms with van der Waals surface area (Å²) in [5.41, 5.74) is 1.43. The highest BCUT2D eigenvalue weighted by molar-refractivity contribution is 5.94. The summed E-state index contributed by atoms with van der Waals surface area (Å²) >= 11 is 0. The molecule has 94 valence electrons. The van der Waals surface area contributed by atoms with E-state index < -0.39 is 0 Å². The van der Waals surface area contributed by atoms with Crippen molar-refractivity contribution in [2.75, 3.05) is 25.2 Å². The third-order valence-electron chi connectivity index (χ3n) is 3.28. The summed E-state index contributed by atoms with van der Waals surface area (Å²) in [6.45, 7) is 1.33. The lowest BCUT2D eigenvalue weighted by Gasteiger charge is -2.26. The molecule has 0 bridgehead atoms. The number of carbonyl (C=O) groups is 1. The first-order valence-electron chi connectivity index (χ1n) is 6.08. The fourth-order valence-electron chi connectivity index (χ4n) is 2.11. The van der Waals surface area contributed by atoms with Crippen molar-refractivity contribution in [2.24, 2.45) is 5.92 Å². The molecule has 0 unspecified atom stereocenters. The van der Waals surface area contributed by atoms with E-state index in [1.54, 1.807) is 36.2 Å². The van der Waals surface area contributed by atoms with E-state index >= 15 is 0 Å². The van der Waals surface area contributed by atoms with Gasteiger partial charge in [0.2, 0.25) is 5.91 Å². The number of rotatable bonds is 2. The summed E-state index contributed by atoms with van der Waals surface area (Å²) in [6.07, 6.45) is 1.58. The monoisotopic (exact) mass is 244 g/mol. The molecule has 0 spiro atoms. The molecule has 1 aliphatic heterocycles. The average Bonchev–Trinajstić information content (AvgIpc) is 2.47. The highest BCUT2D eigenvalue weighted by Gasteiger charge is 2.25. The van der Waals surface area contributed by atoms with Crippen LogP contribution in [0, 0.1) is 17.2 Å². The number of benzene rings is 1. The molecule has 0 radical (unpaired) electrons. The zero-order chi connectivity index (χ0) is 13.0. The van der Waals surface area contributed by atoms with E-state index in [4.69, 9.17) is 10.00 Å². The Bertz CT molecular complexity index is 456. The van der Waals surface area contributed by atoms with Crippen molar-refractivity contribution in [1.82, 2.24) is 0 Å². The van der Waals surface area contributed by atoms with Crippen molar-refractivity contribution in [3.63, 3.8) is 0 Å². The largest absolute Gasteiger partial charge is 0.381 e. The quantitative estimate of drug-likeness (QED) is 0.799. The number of nitriles is 1. The molecule has 1 amide bonds. The zero-order valence-electron chi connectivity index (χ0n) is 10.4. The third-order valence-corrected chi connectivity index (χ3v) is 3.28. The van der Waals surface area contributed by atoms with Gasteiger partial charge >= 0.3 is 0 Å². The Morgan fingerprint density at radius 3 is 2.50 bits per heavy atom. The molecule has 0 atom stereocenters. The molecular formula is C14H16N2O2. The maximum atomic E-state index is 12.3. The van der Waals surface area contributed by atoms with Crippen LogP contribution in [0.1, 0.15) is 18.4 Å². The first-order chi connectivity index (χ1) is 8.72. The standard InChI is InChI=1S/C14H16N2O2/c1-16(13-4-2-11(10-15)3-5-13)14(17)12-6-8-18-9-7-12/h2-5,12H,6-9H2,1H3. The molecule has 0 aromatic heterocycles. The van der Waals surface area contributed by atoms with Gasteiger partial charge in [-0.3, -0.25) is 4.79 Å². The van der Waals surface area contributed by atoms with Gasteiger partial charge in [-0.2, -0.15) is 5.26 Å². The molecule has 1 saturated heterocycles. The van der Waals surface area contributed by atoms with Gasteiger partial charge in [-0.05, 0) is 37.1 Å². The summed E-state index contributed by atoms with van der Waals surface area (Å²) in [6, 6.07) is 9.12. The van der Waals surface area contributed by atoms with Gasteiger partial charge in [0.1, 0.15) is 0 Å². The van der Waals surface area contributed by atoms with Crippen molar-refractivity contribution < 1.29 is 9.53 Å². The van der Waals surface area contributed by atoms with E-state index in [1.807, 2.05) is 0 Å². The minimum Gasteiger partial charge on any atom is -0.381 e. The maximum absolute atomic E-state index is 12.3. The van der Waals surface area contributed by atoms with E-state index in [0.717, 1.165) is 18.5 Å². The molecule has 18 heavy (non-hydrogen) atoms. The number of carbonyl (C=O) groups excluding carboxylic acids is 1. The van der Waals surface area contributed by atoms with Crippen LogP contribution < -0.4 is 4.90 Å². The fourth-order valence-corrected chi connectivity index (χ4v) is 2.11. The highest BCUT2D eigenvalue weighted by Crippen LogP contribution is 2.21. The van der Waals surface area contributed by atoms with Crippen molar-refractivity contribution in [3.05, 3.63) is 29.8 Å². The normalized spacial score (nSPS) is 16.0. The molecule has 0 N–H and O–H groups in total. The number of amides is 1. The molecule has 4 nitrogen and oxygen atoms in total. The van der Waals surface area contributed by atoms with Crippen LogP contribution in [0.2, 0.25) is 0 Å². The molecule has 0 saturated carbocycles. The Kier molecular flexibility index (Phi) is 3.96. The Morgan fingerprint density at radius 2 is 1.94 bits per heavy atom. The predicted molar refractivity (Wildman–Crippen MR) is 68.1 cm³/mol. The summed E-state index contributed by atoms with van der Waals surface area (Å²) in [5, 5.41) is 8.74. The molecule has 4 heteroatoms. The van der Waals surface area contributed by atoms with Gasteiger partial charge in [-0.25, -0.2) is 0 Å². The SMILES string of the molecule is CN(C(=O)C1CCOCC1)c1ccc(C#N)cc1. The lowest BCUT2D eigenvalue weighted by atomic mass is 9.98. The van der Waals surface area contributed by atoms with Gasteiger partial charge in [0.25, 0.3) is 0 Å². The second-order valence-electron chi connectivity index (χ2n) is 4.44. The minimum absolute atomic E-state index is 0.0550. The molecule has 1 fully saturated rings. The number of ether oxygens (including phenoxy) is 1. The van der Waals surface area contributed by atoms with Crippen LogP contribution in [0.25, 0.3) is 0 Å². The Morgan fingerprint density at radius 1 is 1.33 bits per heavy atom. The van der Waals surface area contributed by atoms with E-state index in [-0.39, 0.29) is 11.8 Å². The Hall–Kier alpha value is -1.86. The summed E-state index contributed by atoms with van der Waals surface area (Å²) in [5.74, 6) is 0.183. The van der Waals surface area contributed by atoms with Gasteiger partial charge in [0.05, 0.1) is 11.6 Å². The first kappa shape index (κ1) is 12.6. The van der Waals surface area contributed by atoms with Gasteiger partial charge in [-0.15, -0.1) is 0 Å². The number of anilines is 1. The number of hydrogen-bond donors (Lipinski definition) is 0. The summed E-state index contributed by atoms with van der Waals surface area (Å²) in [4.78, 5) is 13.9. The Labute approximate surface area is 107 Å². The number of nitrogens with zero attached hydrogens (tertiary/aromatic N) is 2. The third kappa shape index (κ3) is 2.69. The van der Waals surface area contributed by atoms with Crippen molar-refractivity contribution in [1.29, 1.82) is 5.26 Å². The minimum atomic E-state index is 0.0550. The van der Waals surface area contributed by atoms with Crippen LogP contribution in [0.15, 0.2) is 24.3 Å². The molecule has 1 aromatic carbocycles. The van der Waals surface area contributed by atoms with Crippen LogP contribution in [-0.2, 0) is 9.53 Å². The second-order valence-corrected chi connectivity index (χ2v) is 4.44. The maximum Gasteiger partial charge on any atom is 0.230 e. The average molecular weight is 244 g/mol. The zero-order valence-corrected chi connectivity index (χ0v) is 10.4. The predicted octanol–water partition coefficient (Wildman–Crippen LogP) is 1.95. The van der Waals surface area contributed by atoms with Crippen LogP contribution in [0.5, 0.6) is 0 Å².